The first-order valence-electron chi connectivity index (χ1n) is 23.5. The molecule has 5 aliphatic rings. The van der Waals surface area contributed by atoms with Crippen LogP contribution in [0.2, 0.25) is 0 Å². The third kappa shape index (κ3) is 13.6. The minimum atomic E-state index is -2.09. The summed E-state index contributed by atoms with van der Waals surface area (Å²) in [5.41, 5.74) is 3.51. The van der Waals surface area contributed by atoms with Crippen molar-refractivity contribution in [1.29, 1.82) is 0 Å². The maximum atomic E-state index is 14.4. The van der Waals surface area contributed by atoms with Gasteiger partial charge in [0, 0.05) is 31.6 Å². The van der Waals surface area contributed by atoms with Crippen molar-refractivity contribution in [1.82, 2.24) is 42.5 Å². The number of carboxylic acid groups (broad SMARTS) is 1. The van der Waals surface area contributed by atoms with Crippen LogP contribution in [0.3, 0.4) is 0 Å². The standard InChI is InChI=1S/C47H52N8O19/c56-35(48-27-9-13-70-43(27)65)17-31(39(60)52-32(18-36(57)49-28-10-14-71-44(28)66)40(61)54-34(42(63)64)20-38(59)51-30-12-16-73-46(30)68)53-41(62)33(19-37(58)50-29-11-15-72-45(29)67)55-47(69)74-21-26-24-7-3-1-5-22(24)23-6-2-4-8-25(23)26/h1-8,26-34H,9-21H2,(H,48,56)(H,49,57)(H,50,58)(H,51,59)(H,52,60)(H,53,62)(H,54,61)(H,55,69)(H,63,64)/t27-,28-,29-,30-,31-,32-,33-,34-/m0/s1. The monoisotopic (exact) mass is 1030 g/mol. The van der Waals surface area contributed by atoms with E-state index in [1.165, 1.54) is 0 Å². The normalized spacial score (nSPS) is 21.1. The average Bonchev–Trinajstić information content (AvgIpc) is 4.21. The summed E-state index contributed by atoms with van der Waals surface area (Å²) in [4.78, 5) is 170. The van der Waals surface area contributed by atoms with Gasteiger partial charge >= 0.3 is 35.9 Å². The van der Waals surface area contributed by atoms with Gasteiger partial charge in [0.15, 0.2) is 0 Å². The van der Waals surface area contributed by atoms with E-state index in [0.717, 1.165) is 22.3 Å². The van der Waals surface area contributed by atoms with Crippen LogP contribution in [0.1, 0.15) is 68.4 Å². The molecule has 8 atom stereocenters. The molecule has 2 aromatic carbocycles. The molecule has 4 saturated heterocycles. The van der Waals surface area contributed by atoms with Crippen molar-refractivity contribution in [3.8, 4) is 11.1 Å². The number of benzene rings is 2. The van der Waals surface area contributed by atoms with Gasteiger partial charge in [0.1, 0.15) is 54.9 Å². The van der Waals surface area contributed by atoms with Gasteiger partial charge in [0.05, 0.1) is 52.1 Å². The summed E-state index contributed by atoms with van der Waals surface area (Å²) in [7, 11) is 0. The number of cyclic esters (lactones) is 4. The van der Waals surface area contributed by atoms with Crippen LogP contribution in [0, 0.1) is 0 Å². The fourth-order valence-electron chi connectivity index (χ4n) is 8.69. The molecule has 0 spiro atoms. The fourth-order valence-corrected chi connectivity index (χ4v) is 8.69. The van der Waals surface area contributed by atoms with Gasteiger partial charge in [0.2, 0.25) is 41.4 Å². The lowest BCUT2D eigenvalue weighted by Crippen LogP contribution is -2.60. The number of alkyl carbamates (subject to hydrolysis) is 1. The number of amides is 8. The van der Waals surface area contributed by atoms with Crippen molar-refractivity contribution in [2.45, 2.75) is 106 Å². The zero-order valence-corrected chi connectivity index (χ0v) is 39.3. The summed E-state index contributed by atoms with van der Waals surface area (Å²) < 4.78 is 25.1. The number of hydrogen-bond donors (Lipinski definition) is 9. The molecule has 9 N–H and O–H groups in total. The van der Waals surface area contributed by atoms with Crippen molar-refractivity contribution in [2.75, 3.05) is 33.0 Å². The lowest BCUT2D eigenvalue weighted by atomic mass is 9.98. The summed E-state index contributed by atoms with van der Waals surface area (Å²) in [6.45, 7) is -0.381. The molecule has 4 heterocycles. The number of fused-ring (bicyclic) bond motifs is 3. The van der Waals surface area contributed by atoms with Gasteiger partial charge in [-0.15, -0.1) is 0 Å². The fraction of sp³-hybridized carbons (Fsp3) is 0.468. The molecule has 4 aliphatic heterocycles. The van der Waals surface area contributed by atoms with E-state index in [1.807, 2.05) is 53.8 Å². The van der Waals surface area contributed by atoms with Crippen LogP contribution in [0.5, 0.6) is 0 Å². The summed E-state index contributed by atoms with van der Waals surface area (Å²) in [5.74, 6) is -13.5. The molecule has 2 aromatic rings. The van der Waals surface area contributed by atoms with E-state index < -0.39 is 157 Å². The Bertz CT molecular complexity index is 2560. The summed E-state index contributed by atoms with van der Waals surface area (Å²) in [6.07, 6.45) is -4.87. The van der Waals surface area contributed by atoms with Crippen LogP contribution in [0.15, 0.2) is 48.5 Å². The van der Waals surface area contributed by atoms with E-state index in [9.17, 15) is 67.4 Å². The predicted molar refractivity (Wildman–Crippen MR) is 244 cm³/mol. The molecule has 74 heavy (non-hydrogen) atoms. The van der Waals surface area contributed by atoms with Gasteiger partial charge in [-0.05, 0) is 22.3 Å². The first kappa shape index (κ1) is 53.2. The van der Waals surface area contributed by atoms with E-state index in [2.05, 4.69) is 37.2 Å². The Morgan fingerprint density at radius 1 is 0.473 bits per heavy atom. The highest BCUT2D eigenvalue weighted by Gasteiger charge is 2.39. The topological polar surface area (TPSA) is 385 Å². The Morgan fingerprint density at radius 3 is 1.11 bits per heavy atom. The van der Waals surface area contributed by atoms with Gasteiger partial charge in [-0.1, -0.05) is 48.5 Å². The third-order valence-corrected chi connectivity index (χ3v) is 12.5. The largest absolute Gasteiger partial charge is 0.480 e. The zero-order valence-electron chi connectivity index (χ0n) is 39.3. The molecule has 27 nitrogen and oxygen atoms in total. The van der Waals surface area contributed by atoms with Crippen LogP contribution in [0.4, 0.5) is 4.79 Å². The van der Waals surface area contributed by atoms with Crippen LogP contribution in [0.25, 0.3) is 11.1 Å². The Labute approximate surface area is 419 Å². The van der Waals surface area contributed by atoms with Crippen LogP contribution in [-0.2, 0) is 81.2 Å². The van der Waals surface area contributed by atoms with Crippen molar-refractivity contribution in [3.05, 3.63) is 59.7 Å². The molecule has 0 bridgehead atoms. The van der Waals surface area contributed by atoms with Crippen molar-refractivity contribution >= 4 is 77.3 Å². The zero-order chi connectivity index (χ0) is 53.1. The number of aliphatic carboxylic acids is 1. The number of ether oxygens (including phenoxy) is 5. The lowest BCUT2D eigenvalue weighted by Gasteiger charge is -2.26. The van der Waals surface area contributed by atoms with E-state index >= 15 is 0 Å². The highest BCUT2D eigenvalue weighted by atomic mass is 16.6. The van der Waals surface area contributed by atoms with Crippen molar-refractivity contribution < 1.29 is 91.1 Å². The number of hydrogen-bond acceptors (Lipinski definition) is 18. The average molecular weight is 1030 g/mol. The first-order chi connectivity index (χ1) is 35.4. The first-order valence-corrected chi connectivity index (χ1v) is 23.5. The second kappa shape index (κ2) is 24.2. The summed E-state index contributed by atoms with van der Waals surface area (Å²) in [5, 5.41) is 28.2. The molecule has 1 aliphatic carbocycles. The molecule has 0 radical (unpaired) electrons. The molecular weight excluding hydrogens is 981 g/mol. The number of carbonyl (C=O) groups is 13. The third-order valence-electron chi connectivity index (χ3n) is 12.5. The van der Waals surface area contributed by atoms with Crippen LogP contribution < -0.4 is 42.5 Å². The Balaban J connectivity index is 1.11. The van der Waals surface area contributed by atoms with E-state index in [0.29, 0.717) is 0 Å². The molecule has 27 heteroatoms. The van der Waals surface area contributed by atoms with Gasteiger partial charge in [-0.3, -0.25) is 33.6 Å². The van der Waals surface area contributed by atoms with Gasteiger partial charge < -0.3 is 71.3 Å². The predicted octanol–water partition coefficient (Wildman–Crippen LogP) is -3.28. The quantitative estimate of drug-likeness (QED) is 0.0412. The maximum absolute atomic E-state index is 14.4. The van der Waals surface area contributed by atoms with E-state index in [1.54, 1.807) is 0 Å². The summed E-state index contributed by atoms with van der Waals surface area (Å²) in [6, 6.07) is 2.18. The number of esters is 4. The second-order valence-corrected chi connectivity index (χ2v) is 17.7. The summed E-state index contributed by atoms with van der Waals surface area (Å²) >= 11 is 0. The highest BCUT2D eigenvalue weighted by molar-refractivity contribution is 6.00. The molecule has 4 fully saturated rings. The minimum Gasteiger partial charge on any atom is -0.480 e. The molecule has 8 amide bonds. The lowest BCUT2D eigenvalue weighted by molar-refractivity contribution is -0.145. The minimum absolute atomic E-state index is 0.00931. The smallest absolute Gasteiger partial charge is 0.407 e. The van der Waals surface area contributed by atoms with Crippen molar-refractivity contribution in [3.63, 3.8) is 0 Å². The molecule has 394 valence electrons. The number of carboxylic acids is 1. The molecule has 0 aromatic heterocycles. The molecular formula is C47H52N8O19. The number of nitrogens with one attached hydrogen (secondary N) is 8. The Kier molecular flexibility index (Phi) is 17.4. The Morgan fingerprint density at radius 2 is 0.784 bits per heavy atom. The SMILES string of the molecule is O=C(C[C@H](NC(=O)[C@H](CC(=O)N[C@H]1CCOC1=O)NC(=O)[C@H](CC(=O)N[C@H]1CCOC1=O)NC(=O)[C@H](CC(=O)N[C@H]1CCOC1=O)NC(=O)OCC1c2ccccc2-c2ccccc21)C(=O)O)N[C@H]1CCOC1=O. The Hall–Kier alpha value is -8.65. The number of rotatable bonds is 22. The molecule has 0 unspecified atom stereocenters. The molecule has 7 rings (SSSR count). The van der Waals surface area contributed by atoms with E-state index in [4.69, 9.17) is 23.7 Å². The van der Waals surface area contributed by atoms with Gasteiger partial charge in [-0.25, -0.2) is 28.8 Å². The number of carbonyl (C=O) groups excluding carboxylic acids is 12. The van der Waals surface area contributed by atoms with E-state index in [-0.39, 0.29) is 58.7 Å². The van der Waals surface area contributed by atoms with Gasteiger partial charge in [-0.2, -0.15) is 0 Å². The van der Waals surface area contributed by atoms with Crippen molar-refractivity contribution in [2.24, 2.45) is 0 Å². The molecule has 0 saturated carbocycles. The maximum Gasteiger partial charge on any atom is 0.407 e. The second-order valence-electron chi connectivity index (χ2n) is 17.7. The van der Waals surface area contributed by atoms with Gasteiger partial charge in [0.25, 0.3) is 0 Å². The van der Waals surface area contributed by atoms with Crippen LogP contribution in [-0.4, -0.2) is 164 Å². The van der Waals surface area contributed by atoms with Crippen LogP contribution >= 0.6 is 0 Å². The highest BCUT2D eigenvalue weighted by Crippen LogP contribution is 2.44.